The van der Waals surface area contributed by atoms with Gasteiger partial charge in [0.15, 0.2) is 17.8 Å². The average Bonchev–Trinajstić information content (AvgIpc) is 2.93. The van der Waals surface area contributed by atoms with E-state index in [0.29, 0.717) is 17.1 Å². The largest absolute Gasteiger partial charge is 0.497 e. The molecule has 2 aromatic rings. The van der Waals surface area contributed by atoms with E-state index >= 15 is 0 Å². The van der Waals surface area contributed by atoms with Crippen LogP contribution in [0.25, 0.3) is 11.1 Å². The molecule has 1 aliphatic rings. The first-order valence-electron chi connectivity index (χ1n) is 5.85. The normalized spacial score (nSPS) is 12.3. The van der Waals surface area contributed by atoms with Crippen LogP contribution in [0.4, 0.5) is 0 Å². The van der Waals surface area contributed by atoms with Gasteiger partial charge in [0.05, 0.1) is 7.11 Å². The second-order valence-electron chi connectivity index (χ2n) is 4.14. The highest BCUT2D eigenvalue weighted by Gasteiger charge is 2.18. The summed E-state index contributed by atoms with van der Waals surface area (Å²) in [5.74, 6) is 2.00. The second-order valence-corrected chi connectivity index (χ2v) is 4.14. The van der Waals surface area contributed by atoms with E-state index in [1.165, 1.54) is 0 Å². The molecule has 96 valence electrons. The zero-order valence-electron chi connectivity index (χ0n) is 10.4. The highest BCUT2D eigenvalue weighted by molar-refractivity contribution is 5.89. The molecule has 0 radical (unpaired) electrons. The third-order valence-corrected chi connectivity index (χ3v) is 3.05. The predicted octanol–water partition coefficient (Wildman–Crippen LogP) is 2.90. The summed E-state index contributed by atoms with van der Waals surface area (Å²) in [7, 11) is 1.61. The molecule has 4 heteroatoms. The van der Waals surface area contributed by atoms with Crippen molar-refractivity contribution < 1.29 is 19.0 Å². The van der Waals surface area contributed by atoms with Crippen LogP contribution in [0.3, 0.4) is 0 Å². The third-order valence-electron chi connectivity index (χ3n) is 3.05. The minimum atomic E-state index is 0.190. The fourth-order valence-corrected chi connectivity index (χ4v) is 2.10. The van der Waals surface area contributed by atoms with E-state index in [2.05, 4.69) is 0 Å². The molecule has 0 N–H and O–H groups in total. The summed E-state index contributed by atoms with van der Waals surface area (Å²) in [6.07, 6.45) is 0.816. The van der Waals surface area contributed by atoms with Gasteiger partial charge in [-0.2, -0.15) is 0 Å². The lowest BCUT2D eigenvalue weighted by Crippen LogP contribution is -1.92. The van der Waals surface area contributed by atoms with Crippen molar-refractivity contribution in [3.63, 3.8) is 0 Å². The first-order chi connectivity index (χ1) is 9.31. The summed E-state index contributed by atoms with van der Waals surface area (Å²) in [5, 5.41) is 0. The highest BCUT2D eigenvalue weighted by Crippen LogP contribution is 2.38. The number of rotatable bonds is 3. The van der Waals surface area contributed by atoms with Crippen LogP contribution in [0.2, 0.25) is 0 Å². The Hall–Kier alpha value is -2.49. The minimum absolute atomic E-state index is 0.190. The lowest BCUT2D eigenvalue weighted by Gasteiger charge is -2.08. The van der Waals surface area contributed by atoms with E-state index < -0.39 is 0 Å². The van der Waals surface area contributed by atoms with Gasteiger partial charge >= 0.3 is 0 Å². The van der Waals surface area contributed by atoms with Crippen molar-refractivity contribution in [2.45, 2.75) is 0 Å². The molecule has 0 unspecified atom stereocenters. The summed E-state index contributed by atoms with van der Waals surface area (Å²) < 4.78 is 15.8. The van der Waals surface area contributed by atoms with E-state index in [0.717, 1.165) is 23.2 Å². The van der Waals surface area contributed by atoms with E-state index in [1.807, 2.05) is 30.3 Å². The van der Waals surface area contributed by atoms with E-state index in [-0.39, 0.29) is 6.79 Å². The van der Waals surface area contributed by atoms with Crippen LogP contribution >= 0.6 is 0 Å². The summed E-state index contributed by atoms with van der Waals surface area (Å²) in [4.78, 5) is 11.2. The quantitative estimate of drug-likeness (QED) is 0.792. The van der Waals surface area contributed by atoms with Gasteiger partial charge in [0.1, 0.15) is 5.75 Å². The lowest BCUT2D eigenvalue weighted by molar-refractivity contribution is 0.112. The molecule has 19 heavy (non-hydrogen) atoms. The first-order valence-corrected chi connectivity index (χ1v) is 5.85. The van der Waals surface area contributed by atoms with Crippen molar-refractivity contribution >= 4 is 6.29 Å². The molecule has 0 amide bonds. The molecule has 0 aliphatic carbocycles. The van der Waals surface area contributed by atoms with E-state index in [1.54, 1.807) is 13.2 Å². The van der Waals surface area contributed by atoms with Gasteiger partial charge in [0, 0.05) is 5.56 Å². The highest BCUT2D eigenvalue weighted by atomic mass is 16.7. The van der Waals surface area contributed by atoms with Gasteiger partial charge in [-0.05, 0) is 35.4 Å². The molecule has 0 atom stereocenters. The van der Waals surface area contributed by atoms with Crippen LogP contribution in [-0.2, 0) is 0 Å². The van der Waals surface area contributed by atoms with Crippen LogP contribution in [0, 0.1) is 0 Å². The standard InChI is InChI=1S/C15H12O4/c1-17-12-4-2-3-10(5-12)13-7-15-14(18-9-19-15)6-11(13)8-16/h2-8H,9H2,1H3. The fraction of sp³-hybridized carbons (Fsp3) is 0.133. The number of methoxy groups -OCH3 is 1. The molecule has 0 saturated heterocycles. The fourth-order valence-electron chi connectivity index (χ4n) is 2.10. The Morgan fingerprint density at radius 1 is 1.16 bits per heavy atom. The van der Waals surface area contributed by atoms with Gasteiger partial charge in [-0.1, -0.05) is 12.1 Å². The Kier molecular flexibility index (Phi) is 2.83. The Bertz CT molecular complexity index is 634. The summed E-state index contributed by atoms with van der Waals surface area (Å²) in [6, 6.07) is 11.1. The number of benzene rings is 2. The maximum Gasteiger partial charge on any atom is 0.231 e. The van der Waals surface area contributed by atoms with Crippen LogP contribution in [0.1, 0.15) is 10.4 Å². The van der Waals surface area contributed by atoms with Crippen molar-refractivity contribution in [3.05, 3.63) is 42.0 Å². The van der Waals surface area contributed by atoms with Gasteiger partial charge in [-0.15, -0.1) is 0 Å². The number of carbonyl (C=O) groups is 1. The average molecular weight is 256 g/mol. The van der Waals surface area contributed by atoms with Gasteiger partial charge in [-0.3, -0.25) is 4.79 Å². The molecule has 0 bridgehead atoms. The van der Waals surface area contributed by atoms with E-state index in [9.17, 15) is 4.79 Å². The lowest BCUT2D eigenvalue weighted by atomic mass is 9.99. The molecule has 1 aliphatic heterocycles. The molecule has 0 aromatic heterocycles. The number of carbonyl (C=O) groups excluding carboxylic acids is 1. The smallest absolute Gasteiger partial charge is 0.231 e. The molecule has 1 heterocycles. The van der Waals surface area contributed by atoms with Crippen molar-refractivity contribution in [1.82, 2.24) is 0 Å². The van der Waals surface area contributed by atoms with Crippen LogP contribution in [0.15, 0.2) is 36.4 Å². The van der Waals surface area contributed by atoms with Crippen molar-refractivity contribution in [2.24, 2.45) is 0 Å². The molecule has 0 fully saturated rings. The Balaban J connectivity index is 2.15. The maximum atomic E-state index is 11.2. The predicted molar refractivity (Wildman–Crippen MR) is 69.9 cm³/mol. The zero-order valence-corrected chi connectivity index (χ0v) is 10.4. The molecule has 4 nitrogen and oxygen atoms in total. The summed E-state index contributed by atoms with van der Waals surface area (Å²) in [6.45, 7) is 0.190. The molecule has 2 aromatic carbocycles. The first kappa shape index (κ1) is 11.6. The Morgan fingerprint density at radius 2 is 1.95 bits per heavy atom. The van der Waals surface area contributed by atoms with Crippen molar-refractivity contribution in [3.8, 4) is 28.4 Å². The minimum Gasteiger partial charge on any atom is -0.497 e. The summed E-state index contributed by atoms with van der Waals surface area (Å²) >= 11 is 0. The molecule has 3 rings (SSSR count). The van der Waals surface area contributed by atoms with Crippen molar-refractivity contribution in [2.75, 3.05) is 13.9 Å². The Labute approximate surface area is 110 Å². The topological polar surface area (TPSA) is 44.8 Å². The Morgan fingerprint density at radius 3 is 2.68 bits per heavy atom. The number of hydrogen-bond donors (Lipinski definition) is 0. The van der Waals surface area contributed by atoms with Gasteiger partial charge in [0.2, 0.25) is 6.79 Å². The van der Waals surface area contributed by atoms with Crippen LogP contribution < -0.4 is 14.2 Å². The van der Waals surface area contributed by atoms with Gasteiger partial charge in [0.25, 0.3) is 0 Å². The molecule has 0 saturated carbocycles. The monoisotopic (exact) mass is 256 g/mol. The van der Waals surface area contributed by atoms with Crippen molar-refractivity contribution in [1.29, 1.82) is 0 Å². The third kappa shape index (κ3) is 2.01. The second kappa shape index (κ2) is 4.65. The van der Waals surface area contributed by atoms with Crippen LogP contribution in [0.5, 0.6) is 17.2 Å². The molecular formula is C15H12O4. The number of hydrogen-bond acceptors (Lipinski definition) is 4. The SMILES string of the molecule is COc1cccc(-c2cc3c(cc2C=O)OCO3)c1. The van der Waals surface area contributed by atoms with Crippen LogP contribution in [-0.4, -0.2) is 20.2 Å². The van der Waals surface area contributed by atoms with E-state index in [4.69, 9.17) is 14.2 Å². The molecular weight excluding hydrogens is 244 g/mol. The number of fused-ring (bicyclic) bond motifs is 1. The van der Waals surface area contributed by atoms with Gasteiger partial charge < -0.3 is 14.2 Å². The number of ether oxygens (including phenoxy) is 3. The summed E-state index contributed by atoms with van der Waals surface area (Å²) in [5.41, 5.74) is 2.27. The maximum absolute atomic E-state index is 11.2. The zero-order chi connectivity index (χ0) is 13.2. The van der Waals surface area contributed by atoms with Gasteiger partial charge in [-0.25, -0.2) is 0 Å². The number of aldehydes is 1. The molecule has 0 spiro atoms.